The first-order valence-corrected chi connectivity index (χ1v) is 12.1. The molecule has 0 radical (unpaired) electrons. The van der Waals surface area contributed by atoms with E-state index in [1.165, 1.54) is 22.7 Å². The summed E-state index contributed by atoms with van der Waals surface area (Å²) >= 11 is 7.92. The van der Waals surface area contributed by atoms with E-state index in [0.717, 1.165) is 12.2 Å². The van der Waals surface area contributed by atoms with E-state index in [2.05, 4.69) is 5.32 Å². The molecule has 0 saturated heterocycles. The highest BCUT2D eigenvalue weighted by molar-refractivity contribution is 7.98. The van der Waals surface area contributed by atoms with E-state index in [0.29, 0.717) is 23.5 Å². The third kappa shape index (κ3) is 4.99. The summed E-state index contributed by atoms with van der Waals surface area (Å²) in [5, 5.41) is 3.59. The lowest BCUT2D eigenvalue weighted by molar-refractivity contribution is -0.325. The average Bonchev–Trinajstić information content (AvgIpc) is 2.87. The first-order valence-electron chi connectivity index (χ1n) is 10.3. The zero-order chi connectivity index (χ0) is 26.4. The molecule has 3 nitrogen and oxygen atoms in total. The molecule has 12 heteroatoms. The van der Waals surface area contributed by atoms with Gasteiger partial charge in [0.05, 0.1) is 0 Å². The van der Waals surface area contributed by atoms with E-state index < -0.39 is 41.2 Å². The Morgan fingerprint density at radius 2 is 1.71 bits per heavy atom. The van der Waals surface area contributed by atoms with Crippen LogP contribution in [0.25, 0.3) is 0 Å². The zero-order valence-corrected chi connectivity index (χ0v) is 20.4. The Morgan fingerprint density at radius 3 is 2.29 bits per heavy atom. The lowest BCUT2D eigenvalue weighted by Gasteiger charge is -2.35. The van der Waals surface area contributed by atoms with Crippen molar-refractivity contribution in [3.8, 4) is 0 Å². The van der Waals surface area contributed by atoms with Crippen molar-refractivity contribution < 1.29 is 35.5 Å². The molecule has 35 heavy (non-hydrogen) atoms. The van der Waals surface area contributed by atoms with Crippen LogP contribution in [0, 0.1) is 0 Å². The van der Waals surface area contributed by atoms with Crippen LogP contribution < -0.4 is 5.32 Å². The molecule has 2 aliphatic rings. The molecule has 1 heterocycles. The van der Waals surface area contributed by atoms with E-state index in [9.17, 15) is 35.5 Å². The molecule has 0 saturated carbocycles. The van der Waals surface area contributed by atoms with Crippen LogP contribution in [0.4, 0.5) is 30.7 Å². The van der Waals surface area contributed by atoms with Gasteiger partial charge in [-0.2, -0.15) is 38.1 Å². The van der Waals surface area contributed by atoms with Crippen LogP contribution in [0.3, 0.4) is 0 Å². The van der Waals surface area contributed by atoms with Gasteiger partial charge in [-0.1, -0.05) is 35.9 Å². The molecule has 1 aliphatic carbocycles. The highest BCUT2D eigenvalue weighted by Gasteiger charge is 2.74. The molecule has 0 fully saturated rings. The summed E-state index contributed by atoms with van der Waals surface area (Å²) in [6.07, 6.45) is -8.90. The van der Waals surface area contributed by atoms with Gasteiger partial charge in [0.15, 0.2) is 0 Å². The van der Waals surface area contributed by atoms with Gasteiger partial charge in [0, 0.05) is 45.1 Å². The fraction of sp³-hybridized carbons (Fsp3) is 0.435. The van der Waals surface area contributed by atoms with Crippen LogP contribution in [0.15, 0.2) is 53.8 Å². The highest BCUT2D eigenvalue weighted by atomic mass is 35.5. The number of hydrogen-bond acceptors (Lipinski definition) is 3. The van der Waals surface area contributed by atoms with Crippen molar-refractivity contribution in [1.29, 1.82) is 0 Å². The summed E-state index contributed by atoms with van der Waals surface area (Å²) < 4.78 is 94.0. The molecule has 192 valence electrons. The molecule has 1 amide bonds. The number of carbonyl (C=O) groups excluding carboxylic acids is 1. The number of benzene rings is 1. The molecular formula is C23H22ClF7N2OS. The summed E-state index contributed by atoms with van der Waals surface area (Å²) in [4.78, 5) is 14.6. The minimum absolute atomic E-state index is 0.0812. The van der Waals surface area contributed by atoms with Crippen molar-refractivity contribution in [2.45, 2.75) is 50.0 Å². The largest absolute Gasteiger partial charge is 0.435 e. The van der Waals surface area contributed by atoms with Gasteiger partial charge in [0.1, 0.15) is 6.17 Å². The monoisotopic (exact) mass is 542 g/mol. The van der Waals surface area contributed by atoms with Gasteiger partial charge in [-0.3, -0.25) is 15.0 Å². The van der Waals surface area contributed by atoms with Crippen LogP contribution in [-0.2, 0) is 0 Å². The maximum absolute atomic E-state index is 14.6. The topological polar surface area (TPSA) is 32.3 Å². The maximum atomic E-state index is 14.6. The number of nitrogens with one attached hydrogen (secondary N) is 1. The molecular weight excluding hydrogens is 521 g/mol. The zero-order valence-electron chi connectivity index (χ0n) is 18.8. The molecule has 0 spiro atoms. The predicted molar refractivity (Wildman–Crippen MR) is 122 cm³/mol. The van der Waals surface area contributed by atoms with Crippen molar-refractivity contribution in [3.05, 3.63) is 69.9 Å². The normalized spacial score (nSPS) is 19.5. The Balaban J connectivity index is 2.11. The van der Waals surface area contributed by atoms with E-state index >= 15 is 0 Å². The van der Waals surface area contributed by atoms with Gasteiger partial charge in [0.2, 0.25) is 0 Å². The summed E-state index contributed by atoms with van der Waals surface area (Å²) in [5.41, 5.74) is -6.95. The lowest BCUT2D eigenvalue weighted by Crippen LogP contribution is -2.54. The van der Waals surface area contributed by atoms with Gasteiger partial charge in [-0.05, 0) is 38.3 Å². The van der Waals surface area contributed by atoms with Gasteiger partial charge >= 0.3 is 18.0 Å². The number of carbonyl (C=O) groups is 1. The summed E-state index contributed by atoms with van der Waals surface area (Å²) in [6, 6.07) is 4.68. The number of fused-ring (bicyclic) bond motifs is 1. The number of rotatable bonds is 6. The van der Waals surface area contributed by atoms with Crippen molar-refractivity contribution >= 4 is 29.3 Å². The fourth-order valence-electron chi connectivity index (χ4n) is 4.10. The number of thioether (sulfide) groups is 1. The SMILES string of the molecule is CSCC(C)(C)NC1c2c(Cl)cccc2C(=O)N1C1=CC=C(C(F)(C(F)(F)F)C(F)(F)F)C=CC1. The Morgan fingerprint density at radius 1 is 1.09 bits per heavy atom. The average molecular weight is 543 g/mol. The van der Waals surface area contributed by atoms with Gasteiger partial charge in [-0.25, -0.2) is 4.39 Å². The predicted octanol–water partition coefficient (Wildman–Crippen LogP) is 7.13. The quantitative estimate of drug-likeness (QED) is 0.388. The Bertz CT molecular complexity index is 1080. The fourth-order valence-corrected chi connectivity index (χ4v) is 5.18. The molecule has 1 unspecified atom stereocenters. The molecule has 1 atom stereocenters. The van der Waals surface area contributed by atoms with E-state index in [1.54, 1.807) is 12.1 Å². The van der Waals surface area contributed by atoms with Crippen LogP contribution in [-0.4, -0.2) is 46.4 Å². The van der Waals surface area contributed by atoms with Crippen molar-refractivity contribution in [1.82, 2.24) is 10.2 Å². The first kappa shape index (κ1) is 27.6. The van der Waals surface area contributed by atoms with E-state index in [1.807, 2.05) is 20.1 Å². The third-order valence-electron chi connectivity index (χ3n) is 5.63. The standard InChI is InChI=1S/C23H22ClF7N2OS/c1-20(2,12-35-3)32-18-17-15(8-5-9-16(17)24)19(34)33(18)14-7-4-6-13(10-11-14)21(25,22(26,27)28)23(29,30)31/h4-6,8-11,18,32H,7,12H2,1-3H3. The third-order valence-corrected chi connectivity index (χ3v) is 6.97. The van der Waals surface area contributed by atoms with Crippen LogP contribution in [0.1, 0.15) is 42.4 Å². The van der Waals surface area contributed by atoms with Gasteiger partial charge < -0.3 is 0 Å². The van der Waals surface area contributed by atoms with Crippen LogP contribution >= 0.6 is 23.4 Å². The summed E-state index contributed by atoms with van der Waals surface area (Å²) in [6.45, 7) is 3.76. The van der Waals surface area contributed by atoms with Crippen molar-refractivity contribution in [3.63, 3.8) is 0 Å². The number of halogens is 8. The molecule has 0 bridgehead atoms. The lowest BCUT2D eigenvalue weighted by atomic mass is 9.93. The van der Waals surface area contributed by atoms with E-state index in [-0.39, 0.29) is 22.7 Å². The minimum Gasteiger partial charge on any atom is -0.291 e. The second kappa shape index (κ2) is 9.48. The highest BCUT2D eigenvalue weighted by Crippen LogP contribution is 2.51. The molecule has 1 aromatic carbocycles. The van der Waals surface area contributed by atoms with Gasteiger partial charge in [-0.15, -0.1) is 0 Å². The second-order valence-electron chi connectivity index (χ2n) is 8.78. The van der Waals surface area contributed by atoms with Gasteiger partial charge in [0.25, 0.3) is 5.91 Å². The molecule has 1 aromatic rings. The number of hydrogen-bond donors (Lipinski definition) is 1. The summed E-state index contributed by atoms with van der Waals surface area (Å²) in [5.74, 6) is 0.0881. The number of allylic oxidation sites excluding steroid dienone is 5. The Kier molecular flexibility index (Phi) is 7.47. The first-order chi connectivity index (χ1) is 16.0. The van der Waals surface area contributed by atoms with Crippen molar-refractivity contribution in [2.75, 3.05) is 12.0 Å². The van der Waals surface area contributed by atoms with Crippen LogP contribution in [0.2, 0.25) is 5.02 Å². The van der Waals surface area contributed by atoms with Crippen molar-refractivity contribution in [2.24, 2.45) is 0 Å². The second-order valence-corrected chi connectivity index (χ2v) is 10.1. The van der Waals surface area contributed by atoms with E-state index in [4.69, 9.17) is 11.6 Å². The molecule has 1 N–H and O–H groups in total. The number of nitrogens with zero attached hydrogens (tertiary/aromatic N) is 1. The molecule has 1 aliphatic heterocycles. The molecule has 0 aromatic heterocycles. The Hall–Kier alpha value is -1.98. The Labute approximate surface area is 207 Å². The smallest absolute Gasteiger partial charge is 0.291 e. The molecule has 3 rings (SSSR count). The summed E-state index contributed by atoms with van der Waals surface area (Å²) in [7, 11) is 0. The van der Waals surface area contributed by atoms with Crippen LogP contribution in [0.5, 0.6) is 0 Å². The minimum atomic E-state index is -6.24. The number of alkyl halides is 7. The number of amides is 1. The maximum Gasteiger partial charge on any atom is 0.435 e.